The molecule has 7 heteroatoms. The molecule has 0 aliphatic rings. The van der Waals surface area contributed by atoms with E-state index in [4.69, 9.17) is 4.74 Å². The number of anilines is 1. The Bertz CT molecular complexity index is 769. The molecular formula is C17H19N3O4. The highest BCUT2D eigenvalue weighted by molar-refractivity contribution is 5.95. The lowest BCUT2D eigenvalue weighted by molar-refractivity contribution is -0.390. The van der Waals surface area contributed by atoms with Crippen LogP contribution in [0, 0.1) is 30.9 Å². The number of nitrogens with zero attached hydrogens (tertiary/aromatic N) is 2. The first-order valence-corrected chi connectivity index (χ1v) is 7.45. The molecule has 1 amide bonds. The van der Waals surface area contributed by atoms with E-state index in [0.717, 1.165) is 16.8 Å². The van der Waals surface area contributed by atoms with Gasteiger partial charge in [-0.3, -0.25) is 4.79 Å². The highest BCUT2D eigenvalue weighted by Crippen LogP contribution is 2.26. The maximum Gasteiger partial charge on any atom is 0.406 e. The number of amides is 1. The monoisotopic (exact) mass is 329 g/mol. The highest BCUT2D eigenvalue weighted by atomic mass is 16.6. The average Bonchev–Trinajstić information content (AvgIpc) is 2.52. The topological polar surface area (TPSA) is 94.4 Å². The van der Waals surface area contributed by atoms with Crippen LogP contribution in [0.15, 0.2) is 30.3 Å². The van der Waals surface area contributed by atoms with E-state index in [1.165, 1.54) is 13.0 Å². The number of benzene rings is 1. The van der Waals surface area contributed by atoms with Crippen LogP contribution in [0.2, 0.25) is 0 Å². The molecule has 1 aromatic carbocycles. The van der Waals surface area contributed by atoms with Crippen LogP contribution in [-0.2, 0) is 4.79 Å². The first-order valence-electron chi connectivity index (χ1n) is 7.45. The van der Waals surface area contributed by atoms with Crippen LogP contribution in [0.4, 0.5) is 11.5 Å². The fourth-order valence-corrected chi connectivity index (χ4v) is 2.23. The van der Waals surface area contributed by atoms with E-state index in [9.17, 15) is 14.9 Å². The summed E-state index contributed by atoms with van der Waals surface area (Å²) >= 11 is 0. The molecule has 2 aromatic rings. The molecule has 0 unspecified atom stereocenters. The van der Waals surface area contributed by atoms with Crippen molar-refractivity contribution in [1.82, 2.24) is 4.98 Å². The molecule has 1 atom stereocenters. The van der Waals surface area contributed by atoms with Gasteiger partial charge in [0, 0.05) is 12.6 Å². The lowest BCUT2D eigenvalue weighted by Gasteiger charge is -2.16. The summed E-state index contributed by atoms with van der Waals surface area (Å²) in [5.74, 6) is -0.821. The Balaban J connectivity index is 2.17. The molecule has 2 rings (SSSR count). The van der Waals surface area contributed by atoms with Crippen molar-refractivity contribution in [3.05, 3.63) is 57.3 Å². The molecule has 24 heavy (non-hydrogen) atoms. The minimum Gasteiger partial charge on any atom is -0.473 e. The smallest absolute Gasteiger partial charge is 0.406 e. The molecule has 0 aliphatic carbocycles. The highest BCUT2D eigenvalue weighted by Gasteiger charge is 2.23. The van der Waals surface area contributed by atoms with Crippen LogP contribution in [0.5, 0.6) is 5.75 Å². The van der Waals surface area contributed by atoms with E-state index in [0.29, 0.717) is 5.69 Å². The van der Waals surface area contributed by atoms with Gasteiger partial charge in [-0.05, 0) is 53.9 Å². The number of hydrogen-bond donors (Lipinski definition) is 1. The van der Waals surface area contributed by atoms with Crippen LogP contribution in [-0.4, -0.2) is 21.9 Å². The Hall–Kier alpha value is -2.96. The standard InChI is InChI=1S/C17H19N3O4/c1-10-6-5-7-11(2)15(10)19-17(21)13(4)24-14-9-8-12(3)18-16(14)20(22)23/h5-9,13H,1-4H3,(H,19,21)/t13-/m1/s1. The second kappa shape index (κ2) is 7.08. The predicted molar refractivity (Wildman–Crippen MR) is 90.3 cm³/mol. The number of hydrogen-bond acceptors (Lipinski definition) is 5. The van der Waals surface area contributed by atoms with Crippen molar-refractivity contribution in [2.75, 3.05) is 5.32 Å². The second-order valence-corrected chi connectivity index (χ2v) is 5.55. The number of rotatable bonds is 5. The third-order valence-electron chi connectivity index (χ3n) is 3.55. The fourth-order valence-electron chi connectivity index (χ4n) is 2.23. The van der Waals surface area contributed by atoms with E-state index >= 15 is 0 Å². The van der Waals surface area contributed by atoms with Gasteiger partial charge in [0.15, 0.2) is 6.10 Å². The van der Waals surface area contributed by atoms with Gasteiger partial charge in [-0.15, -0.1) is 0 Å². The van der Waals surface area contributed by atoms with Crippen LogP contribution in [0.3, 0.4) is 0 Å². The van der Waals surface area contributed by atoms with Crippen molar-refractivity contribution in [2.24, 2.45) is 0 Å². The van der Waals surface area contributed by atoms with Crippen molar-refractivity contribution >= 4 is 17.4 Å². The number of nitrogens with one attached hydrogen (secondary N) is 1. The SMILES string of the molecule is Cc1ccc(O[C@H](C)C(=O)Nc2c(C)cccc2C)c([N+](=O)[O-])n1. The third-order valence-corrected chi connectivity index (χ3v) is 3.55. The quantitative estimate of drug-likeness (QED) is 0.671. The van der Waals surface area contributed by atoms with Crippen LogP contribution >= 0.6 is 0 Å². The summed E-state index contributed by atoms with van der Waals surface area (Å²) in [6.45, 7) is 6.96. The molecule has 0 saturated carbocycles. The minimum atomic E-state index is -0.910. The summed E-state index contributed by atoms with van der Waals surface area (Å²) < 4.78 is 5.46. The van der Waals surface area contributed by atoms with E-state index in [2.05, 4.69) is 10.3 Å². The molecule has 0 radical (unpaired) electrons. The Morgan fingerprint density at radius 3 is 2.42 bits per heavy atom. The number of pyridine rings is 1. The number of aryl methyl sites for hydroxylation is 3. The number of carbonyl (C=O) groups is 1. The Kier molecular flexibility index (Phi) is 5.13. The predicted octanol–water partition coefficient (Wildman–Crippen LogP) is 3.32. The summed E-state index contributed by atoms with van der Waals surface area (Å²) in [5, 5.41) is 13.9. The first-order chi connectivity index (χ1) is 11.3. The zero-order valence-corrected chi connectivity index (χ0v) is 14.0. The molecule has 126 valence electrons. The lowest BCUT2D eigenvalue weighted by Crippen LogP contribution is -2.31. The maximum absolute atomic E-state index is 12.3. The van der Waals surface area contributed by atoms with Gasteiger partial charge in [0.05, 0.1) is 0 Å². The molecule has 0 bridgehead atoms. The van der Waals surface area contributed by atoms with Crippen molar-refractivity contribution in [3.63, 3.8) is 0 Å². The zero-order chi connectivity index (χ0) is 17.9. The number of ether oxygens (including phenoxy) is 1. The molecule has 1 aromatic heterocycles. The molecule has 0 spiro atoms. The van der Waals surface area contributed by atoms with Gasteiger partial charge >= 0.3 is 5.82 Å². The lowest BCUT2D eigenvalue weighted by atomic mass is 10.1. The molecule has 7 nitrogen and oxygen atoms in total. The number of para-hydroxylation sites is 1. The minimum absolute atomic E-state index is 0.0326. The van der Waals surface area contributed by atoms with E-state index in [1.807, 2.05) is 32.0 Å². The van der Waals surface area contributed by atoms with Gasteiger partial charge in [-0.2, -0.15) is 0 Å². The first kappa shape index (κ1) is 17.4. The van der Waals surface area contributed by atoms with E-state index in [-0.39, 0.29) is 11.7 Å². The van der Waals surface area contributed by atoms with Gasteiger partial charge in [0.2, 0.25) is 5.75 Å². The third kappa shape index (κ3) is 3.87. The van der Waals surface area contributed by atoms with E-state index in [1.54, 1.807) is 13.0 Å². The largest absolute Gasteiger partial charge is 0.473 e. The zero-order valence-electron chi connectivity index (χ0n) is 14.0. The van der Waals surface area contributed by atoms with Gasteiger partial charge < -0.3 is 20.2 Å². The van der Waals surface area contributed by atoms with Gasteiger partial charge in [0.1, 0.15) is 5.69 Å². The second-order valence-electron chi connectivity index (χ2n) is 5.55. The van der Waals surface area contributed by atoms with Crippen LogP contribution < -0.4 is 10.1 Å². The van der Waals surface area contributed by atoms with Gasteiger partial charge in [-0.1, -0.05) is 18.2 Å². The summed E-state index contributed by atoms with van der Waals surface area (Å²) in [7, 11) is 0. The van der Waals surface area contributed by atoms with Crippen LogP contribution in [0.25, 0.3) is 0 Å². The fraction of sp³-hybridized carbons (Fsp3) is 0.294. The number of nitro groups is 1. The summed E-state index contributed by atoms with van der Waals surface area (Å²) in [5.41, 5.74) is 3.08. The van der Waals surface area contributed by atoms with Crippen molar-refractivity contribution < 1.29 is 14.5 Å². The molecule has 1 N–H and O–H groups in total. The van der Waals surface area contributed by atoms with E-state index < -0.39 is 16.8 Å². The summed E-state index contributed by atoms with van der Waals surface area (Å²) in [6.07, 6.45) is -0.910. The van der Waals surface area contributed by atoms with Crippen molar-refractivity contribution in [2.45, 2.75) is 33.8 Å². The Labute approximate surface area is 139 Å². The Morgan fingerprint density at radius 2 is 1.83 bits per heavy atom. The average molecular weight is 329 g/mol. The summed E-state index contributed by atoms with van der Waals surface area (Å²) in [4.78, 5) is 26.6. The van der Waals surface area contributed by atoms with Crippen LogP contribution in [0.1, 0.15) is 23.7 Å². The molecular weight excluding hydrogens is 310 g/mol. The van der Waals surface area contributed by atoms with Crippen molar-refractivity contribution in [1.29, 1.82) is 0 Å². The molecule has 0 saturated heterocycles. The van der Waals surface area contributed by atoms with Gasteiger partial charge in [0.25, 0.3) is 5.91 Å². The molecule has 0 fully saturated rings. The normalized spacial score (nSPS) is 11.7. The van der Waals surface area contributed by atoms with Crippen molar-refractivity contribution in [3.8, 4) is 5.75 Å². The molecule has 0 aliphatic heterocycles. The number of aromatic nitrogens is 1. The molecule has 1 heterocycles. The summed E-state index contributed by atoms with van der Waals surface area (Å²) in [6, 6.07) is 8.73. The van der Waals surface area contributed by atoms with Gasteiger partial charge in [-0.25, -0.2) is 0 Å². The maximum atomic E-state index is 12.3. The number of carbonyl (C=O) groups excluding carboxylic acids is 1. The Morgan fingerprint density at radius 1 is 1.21 bits per heavy atom.